The summed E-state index contributed by atoms with van der Waals surface area (Å²) >= 11 is 0. The van der Waals surface area contributed by atoms with Crippen molar-refractivity contribution in [2.45, 2.75) is 39.1 Å². The molecule has 0 aliphatic heterocycles. The molecule has 0 aliphatic rings. The van der Waals surface area contributed by atoms with Crippen molar-refractivity contribution in [3.8, 4) is 11.5 Å². The summed E-state index contributed by atoms with van der Waals surface area (Å²) in [5.74, 6) is 0.791. The summed E-state index contributed by atoms with van der Waals surface area (Å²) in [4.78, 5) is 16.4. The lowest BCUT2D eigenvalue weighted by molar-refractivity contribution is -0.136. The summed E-state index contributed by atoms with van der Waals surface area (Å²) in [5.41, 5.74) is 1.44. The molecular formula is C25H36N2O6S. The van der Waals surface area contributed by atoms with Gasteiger partial charge >= 0.3 is 10.1 Å². The van der Waals surface area contributed by atoms with E-state index in [0.717, 1.165) is 18.8 Å². The summed E-state index contributed by atoms with van der Waals surface area (Å²) in [7, 11) is -1.12. The monoisotopic (exact) mass is 492 g/mol. The molecule has 0 N–H and O–H groups in total. The second kappa shape index (κ2) is 12.6. The predicted octanol–water partition coefficient (Wildman–Crippen LogP) is 3.94. The summed E-state index contributed by atoms with van der Waals surface area (Å²) < 4.78 is 42.0. The molecule has 9 heteroatoms. The Hall–Kier alpha value is -2.78. The van der Waals surface area contributed by atoms with Gasteiger partial charge in [-0.25, -0.2) is 0 Å². The van der Waals surface area contributed by atoms with E-state index < -0.39 is 10.1 Å². The number of methoxy groups -OCH3 is 2. The highest BCUT2D eigenvalue weighted by atomic mass is 32.2. The van der Waals surface area contributed by atoms with Gasteiger partial charge in [0.25, 0.3) is 0 Å². The molecule has 8 nitrogen and oxygen atoms in total. The van der Waals surface area contributed by atoms with Crippen LogP contribution in [0.2, 0.25) is 0 Å². The molecule has 0 atom stereocenters. The maximum atomic E-state index is 13.1. The fraction of sp³-hybridized carbons (Fsp3) is 0.480. The third-order valence-corrected chi connectivity index (χ3v) is 6.54. The fourth-order valence-corrected chi connectivity index (χ4v) is 4.52. The Kier molecular flexibility index (Phi) is 10.2. The molecule has 0 aliphatic carbocycles. The van der Waals surface area contributed by atoms with Crippen LogP contribution in [0.3, 0.4) is 0 Å². The number of rotatable bonds is 13. The minimum atomic E-state index is -4.11. The first-order valence-electron chi connectivity index (χ1n) is 11.4. The Morgan fingerprint density at radius 1 is 1.00 bits per heavy atom. The molecule has 0 heterocycles. The van der Waals surface area contributed by atoms with Gasteiger partial charge < -0.3 is 23.5 Å². The van der Waals surface area contributed by atoms with E-state index in [-0.39, 0.29) is 35.6 Å². The van der Waals surface area contributed by atoms with Crippen molar-refractivity contribution in [1.29, 1.82) is 0 Å². The number of nitrogens with zero attached hydrogens (tertiary/aromatic N) is 2. The van der Waals surface area contributed by atoms with E-state index in [1.165, 1.54) is 26.4 Å². The lowest BCUT2D eigenvalue weighted by Gasteiger charge is -2.27. The van der Waals surface area contributed by atoms with Gasteiger partial charge in [-0.1, -0.05) is 19.9 Å². The zero-order valence-electron chi connectivity index (χ0n) is 20.9. The van der Waals surface area contributed by atoms with Crippen LogP contribution in [0.15, 0.2) is 47.4 Å². The van der Waals surface area contributed by atoms with E-state index >= 15 is 0 Å². The molecule has 0 radical (unpaired) electrons. The Balaban J connectivity index is 2.48. The molecule has 2 rings (SSSR count). The molecule has 0 saturated heterocycles. The maximum absolute atomic E-state index is 13.1. The lowest BCUT2D eigenvalue weighted by Crippen LogP contribution is -2.36. The van der Waals surface area contributed by atoms with Crippen molar-refractivity contribution >= 4 is 21.7 Å². The average Bonchev–Trinajstić information content (AvgIpc) is 2.80. The summed E-state index contributed by atoms with van der Waals surface area (Å²) in [6.45, 7) is 10.3. The molecular weight excluding hydrogens is 456 g/mol. The number of amides is 1. The molecule has 0 spiro atoms. The van der Waals surface area contributed by atoms with E-state index in [0.29, 0.717) is 17.9 Å². The molecule has 1 amide bonds. The van der Waals surface area contributed by atoms with Crippen LogP contribution in [0.4, 0.5) is 5.69 Å². The van der Waals surface area contributed by atoms with Crippen LogP contribution in [0.5, 0.6) is 11.5 Å². The molecule has 0 fully saturated rings. The van der Waals surface area contributed by atoms with Crippen LogP contribution in [0.1, 0.15) is 33.3 Å². The van der Waals surface area contributed by atoms with Crippen molar-refractivity contribution < 1.29 is 26.9 Å². The zero-order chi connectivity index (χ0) is 25.3. The van der Waals surface area contributed by atoms with Crippen LogP contribution in [-0.4, -0.2) is 59.7 Å². The molecule has 0 unspecified atom stereocenters. The number of benzene rings is 2. The highest BCUT2D eigenvalue weighted by Gasteiger charge is 2.23. The third-order valence-electron chi connectivity index (χ3n) is 5.29. The quantitative estimate of drug-likeness (QED) is 0.392. The zero-order valence-corrected chi connectivity index (χ0v) is 21.7. The van der Waals surface area contributed by atoms with Gasteiger partial charge in [0, 0.05) is 50.6 Å². The van der Waals surface area contributed by atoms with Gasteiger partial charge in [0.15, 0.2) is 0 Å². The van der Waals surface area contributed by atoms with Crippen molar-refractivity contribution in [3.05, 3.63) is 48.0 Å². The summed E-state index contributed by atoms with van der Waals surface area (Å²) in [6, 6.07) is 11.5. The summed E-state index contributed by atoms with van der Waals surface area (Å²) in [5, 5.41) is 0. The first-order valence-corrected chi connectivity index (χ1v) is 12.8. The van der Waals surface area contributed by atoms with Crippen molar-refractivity contribution in [2.75, 3.05) is 45.4 Å². The standard InChI is InChI=1S/C25H36N2O6S/c1-7-26(8-2)21-10-9-20(17-27(16-19(3)4)25(28)18-31-5)24(15-21)33-34(29,30)23-13-11-22(32-6)12-14-23/h9-15,19H,7-8,16-18H2,1-6H3. The van der Waals surface area contributed by atoms with E-state index in [1.807, 2.05) is 39.8 Å². The van der Waals surface area contributed by atoms with Crippen LogP contribution in [0.25, 0.3) is 0 Å². The van der Waals surface area contributed by atoms with E-state index in [1.54, 1.807) is 23.1 Å². The van der Waals surface area contributed by atoms with E-state index in [9.17, 15) is 13.2 Å². The molecule has 0 bridgehead atoms. The molecule has 0 saturated carbocycles. The molecule has 2 aromatic rings. The van der Waals surface area contributed by atoms with Gasteiger partial charge in [0.2, 0.25) is 5.91 Å². The smallest absolute Gasteiger partial charge is 0.339 e. The number of carbonyl (C=O) groups excluding carboxylic acids is 1. The minimum Gasteiger partial charge on any atom is -0.497 e. The number of hydrogen-bond donors (Lipinski definition) is 0. The van der Waals surface area contributed by atoms with E-state index in [4.69, 9.17) is 13.7 Å². The minimum absolute atomic E-state index is 0.0157. The van der Waals surface area contributed by atoms with Gasteiger partial charge in [0.05, 0.1) is 7.11 Å². The van der Waals surface area contributed by atoms with Crippen LogP contribution in [-0.2, 0) is 26.2 Å². The normalized spacial score (nSPS) is 11.4. The van der Waals surface area contributed by atoms with Crippen molar-refractivity contribution in [3.63, 3.8) is 0 Å². The van der Waals surface area contributed by atoms with Crippen LogP contribution < -0.4 is 13.8 Å². The Morgan fingerprint density at radius 2 is 1.65 bits per heavy atom. The Labute approximate surface area is 203 Å². The Morgan fingerprint density at radius 3 is 2.18 bits per heavy atom. The van der Waals surface area contributed by atoms with Gasteiger partial charge in [-0.3, -0.25) is 4.79 Å². The summed E-state index contributed by atoms with van der Waals surface area (Å²) in [6.07, 6.45) is 0. The second-order valence-corrected chi connectivity index (χ2v) is 9.82. The van der Waals surface area contributed by atoms with Crippen LogP contribution >= 0.6 is 0 Å². The van der Waals surface area contributed by atoms with E-state index in [2.05, 4.69) is 4.90 Å². The van der Waals surface area contributed by atoms with Gasteiger partial charge in [-0.05, 0) is 50.1 Å². The van der Waals surface area contributed by atoms with Crippen LogP contribution in [0, 0.1) is 5.92 Å². The number of carbonyl (C=O) groups is 1. The largest absolute Gasteiger partial charge is 0.497 e. The highest BCUT2D eigenvalue weighted by Crippen LogP contribution is 2.30. The predicted molar refractivity (Wildman–Crippen MR) is 133 cm³/mol. The van der Waals surface area contributed by atoms with Gasteiger partial charge in [0.1, 0.15) is 23.0 Å². The SMILES string of the molecule is CCN(CC)c1ccc(CN(CC(C)C)C(=O)COC)c(OS(=O)(=O)c2ccc(OC)cc2)c1. The van der Waals surface area contributed by atoms with Gasteiger partial charge in [-0.2, -0.15) is 8.42 Å². The average molecular weight is 493 g/mol. The molecule has 0 aromatic heterocycles. The number of anilines is 1. The molecule has 188 valence electrons. The fourth-order valence-electron chi connectivity index (χ4n) is 3.56. The first kappa shape index (κ1) is 27.5. The molecule has 2 aromatic carbocycles. The molecule has 34 heavy (non-hydrogen) atoms. The van der Waals surface area contributed by atoms with Crippen molar-refractivity contribution in [1.82, 2.24) is 4.90 Å². The number of ether oxygens (including phenoxy) is 2. The van der Waals surface area contributed by atoms with Gasteiger partial charge in [-0.15, -0.1) is 0 Å². The maximum Gasteiger partial charge on any atom is 0.339 e. The lowest BCUT2D eigenvalue weighted by atomic mass is 10.1. The topological polar surface area (TPSA) is 85.4 Å². The van der Waals surface area contributed by atoms with Crippen molar-refractivity contribution in [2.24, 2.45) is 5.92 Å². The first-order chi connectivity index (χ1) is 16.1. The highest BCUT2D eigenvalue weighted by molar-refractivity contribution is 7.87. The third kappa shape index (κ3) is 7.36. The second-order valence-electron chi connectivity index (χ2n) is 8.28. The number of hydrogen-bond acceptors (Lipinski definition) is 7. The Bertz CT molecular complexity index is 1030.